The Labute approximate surface area is 452 Å². The zero-order chi connectivity index (χ0) is 54.4. The number of esters is 1. The summed E-state index contributed by atoms with van der Waals surface area (Å²) in [4.78, 5) is 13.1. The summed E-state index contributed by atoms with van der Waals surface area (Å²) < 4.78 is 34.3. The fourth-order valence-electron chi connectivity index (χ4n) is 8.69. The van der Waals surface area contributed by atoms with Gasteiger partial charge in [0, 0.05) is 13.0 Å². The van der Waals surface area contributed by atoms with Crippen LogP contribution in [-0.4, -0.2) is 142 Å². The molecule has 0 aliphatic carbocycles. The molecule has 0 amide bonds. The highest BCUT2D eigenvalue weighted by molar-refractivity contribution is 5.69. The van der Waals surface area contributed by atoms with E-state index in [1.165, 1.54) is 96.3 Å². The van der Waals surface area contributed by atoms with E-state index in [1.54, 1.807) is 0 Å². The number of aliphatic hydroxyl groups excluding tert-OH is 7. The van der Waals surface area contributed by atoms with Gasteiger partial charge in [-0.05, 0) is 89.9 Å². The van der Waals surface area contributed by atoms with Crippen LogP contribution in [0.5, 0.6) is 0 Å². The quantitative estimate of drug-likeness (QED) is 0.0172. The average molecular weight is 1060 g/mol. The summed E-state index contributed by atoms with van der Waals surface area (Å²) in [5, 5.41) is 72.3. The minimum Gasteiger partial charge on any atom is -0.457 e. The molecule has 0 bridgehead atoms. The number of unbranched alkanes of at least 4 members (excludes halogenated alkanes) is 18. The molecule has 2 aliphatic heterocycles. The van der Waals surface area contributed by atoms with Gasteiger partial charge in [0.15, 0.2) is 12.6 Å². The first-order valence-electron chi connectivity index (χ1n) is 29.2. The lowest BCUT2D eigenvalue weighted by Crippen LogP contribution is -2.61. The van der Waals surface area contributed by atoms with Crippen LogP contribution in [0.15, 0.2) is 85.1 Å². The topological polar surface area (TPSA) is 214 Å². The first-order chi connectivity index (χ1) is 36.6. The fourth-order valence-corrected chi connectivity index (χ4v) is 8.69. The molecule has 0 aromatic carbocycles. The Balaban J connectivity index is 1.75. The van der Waals surface area contributed by atoms with Crippen molar-refractivity contribution in [1.29, 1.82) is 0 Å². The van der Waals surface area contributed by atoms with Crippen molar-refractivity contribution in [2.45, 2.75) is 261 Å². The minimum atomic E-state index is -1.72. The summed E-state index contributed by atoms with van der Waals surface area (Å²) in [6.45, 7) is 3.51. The number of carbonyl (C=O) groups excluding carboxylic acids is 1. The molecule has 2 heterocycles. The van der Waals surface area contributed by atoms with Crippen LogP contribution >= 0.6 is 0 Å². The van der Waals surface area contributed by atoms with Crippen molar-refractivity contribution in [3.05, 3.63) is 85.1 Å². The molecule has 0 radical (unpaired) electrons. The molecule has 2 fully saturated rings. The standard InChI is InChI=1S/C61H104O14/c1-3-5-7-9-11-13-15-17-19-21-23-25-26-28-30-32-34-36-38-40-42-44-53(63)73-50(47-70-45-43-41-39-37-35-33-31-29-27-24-22-20-18-16-14-12-10-8-6-4-2)48-71-60-59(69)57(67)55(65)52(75-60)49-72-61-58(68)56(66)54(64)51(46-62)74-61/h5,7,11,13,17-20,23,25,28,30,34,36,50-52,54-62,64-69H,3-4,6,8-10,12,14-16,21-22,24,26-27,29,31-33,35,37-49H2,1-2H3/b7-5-,13-11-,19-17-,20-18-,25-23-,30-28-,36-34-. The van der Waals surface area contributed by atoms with Crippen molar-refractivity contribution in [2.24, 2.45) is 0 Å². The number of carbonyl (C=O) groups is 1. The molecule has 75 heavy (non-hydrogen) atoms. The van der Waals surface area contributed by atoms with Crippen LogP contribution < -0.4 is 0 Å². The molecule has 0 aromatic heterocycles. The monoisotopic (exact) mass is 1060 g/mol. The summed E-state index contributed by atoms with van der Waals surface area (Å²) in [6.07, 6.45) is 45.0. The Morgan fingerprint density at radius 1 is 0.453 bits per heavy atom. The second kappa shape index (κ2) is 47.2. The molecule has 0 spiro atoms. The largest absolute Gasteiger partial charge is 0.457 e. The van der Waals surface area contributed by atoms with Gasteiger partial charge in [0.25, 0.3) is 0 Å². The van der Waals surface area contributed by atoms with Gasteiger partial charge in [-0.1, -0.05) is 182 Å². The molecule has 7 N–H and O–H groups in total. The van der Waals surface area contributed by atoms with E-state index >= 15 is 0 Å². The molecule has 0 aromatic rings. The zero-order valence-corrected chi connectivity index (χ0v) is 46.3. The molecule has 0 saturated carbocycles. The summed E-state index contributed by atoms with van der Waals surface area (Å²) in [5.41, 5.74) is 0. The van der Waals surface area contributed by atoms with Crippen molar-refractivity contribution in [3.8, 4) is 0 Å². The maximum absolute atomic E-state index is 13.1. The summed E-state index contributed by atoms with van der Waals surface area (Å²) in [6, 6.07) is 0. The zero-order valence-electron chi connectivity index (χ0n) is 46.3. The first kappa shape index (κ1) is 68.3. The van der Waals surface area contributed by atoms with Crippen LogP contribution in [0.4, 0.5) is 0 Å². The maximum Gasteiger partial charge on any atom is 0.306 e. The predicted molar refractivity (Wildman–Crippen MR) is 298 cm³/mol. The van der Waals surface area contributed by atoms with Gasteiger partial charge in [-0.2, -0.15) is 0 Å². The van der Waals surface area contributed by atoms with Gasteiger partial charge in [0.2, 0.25) is 0 Å². The van der Waals surface area contributed by atoms with Gasteiger partial charge < -0.3 is 64.2 Å². The SMILES string of the molecule is CC/C=C\C/C=C\C/C=C\C/C=C\C/C=C\C/C=C\CCCCC(=O)OC(COCCCCCCCCCCCC/C=C\CCCCCCCC)COC1OC(COC2OC(CO)C(O)C(O)C2O)C(O)C(O)C1O. The number of allylic oxidation sites excluding steroid dienone is 14. The molecular formula is C61H104O14. The number of rotatable bonds is 46. The summed E-state index contributed by atoms with van der Waals surface area (Å²) >= 11 is 0. The predicted octanol–water partition coefficient (Wildman–Crippen LogP) is 10.4. The molecule has 432 valence electrons. The van der Waals surface area contributed by atoms with Gasteiger partial charge in [0.05, 0.1) is 26.4 Å². The lowest BCUT2D eigenvalue weighted by Gasteiger charge is -2.42. The molecule has 2 aliphatic rings. The normalized spacial score (nSPS) is 25.2. The molecule has 11 unspecified atom stereocenters. The van der Waals surface area contributed by atoms with Crippen molar-refractivity contribution in [2.75, 3.05) is 33.0 Å². The van der Waals surface area contributed by atoms with Crippen molar-refractivity contribution >= 4 is 5.97 Å². The van der Waals surface area contributed by atoms with E-state index in [2.05, 4.69) is 98.9 Å². The Morgan fingerprint density at radius 3 is 1.37 bits per heavy atom. The van der Waals surface area contributed by atoms with Crippen LogP contribution in [0.3, 0.4) is 0 Å². The summed E-state index contributed by atoms with van der Waals surface area (Å²) in [7, 11) is 0. The third-order valence-corrected chi connectivity index (χ3v) is 13.4. The lowest BCUT2D eigenvalue weighted by atomic mass is 9.98. The van der Waals surface area contributed by atoms with Crippen LogP contribution in [0, 0.1) is 0 Å². The number of hydrogen-bond acceptors (Lipinski definition) is 14. The molecule has 2 saturated heterocycles. The second-order valence-electron chi connectivity index (χ2n) is 20.1. The van der Waals surface area contributed by atoms with E-state index < -0.39 is 86.7 Å². The van der Waals surface area contributed by atoms with E-state index in [-0.39, 0.29) is 19.6 Å². The van der Waals surface area contributed by atoms with Crippen LogP contribution in [0.1, 0.15) is 194 Å². The van der Waals surface area contributed by atoms with Gasteiger partial charge >= 0.3 is 5.97 Å². The fraction of sp³-hybridized carbons (Fsp3) is 0.754. The number of ether oxygens (including phenoxy) is 6. The van der Waals surface area contributed by atoms with E-state index in [1.807, 2.05) is 0 Å². The summed E-state index contributed by atoms with van der Waals surface area (Å²) in [5.74, 6) is -0.419. The van der Waals surface area contributed by atoms with Crippen LogP contribution in [0.2, 0.25) is 0 Å². The van der Waals surface area contributed by atoms with Crippen LogP contribution in [-0.2, 0) is 33.2 Å². The Kier molecular flexibility index (Phi) is 43.0. The van der Waals surface area contributed by atoms with Gasteiger partial charge in [0.1, 0.15) is 54.9 Å². The minimum absolute atomic E-state index is 0.0385. The van der Waals surface area contributed by atoms with Crippen molar-refractivity contribution in [3.63, 3.8) is 0 Å². The highest BCUT2D eigenvalue weighted by Crippen LogP contribution is 2.26. The third kappa shape index (κ3) is 33.9. The maximum atomic E-state index is 13.1. The highest BCUT2D eigenvalue weighted by atomic mass is 16.7. The van der Waals surface area contributed by atoms with Crippen molar-refractivity contribution < 1.29 is 69.0 Å². The number of aliphatic hydroxyl groups is 7. The van der Waals surface area contributed by atoms with E-state index in [0.29, 0.717) is 13.0 Å². The third-order valence-electron chi connectivity index (χ3n) is 13.4. The average Bonchev–Trinajstić information content (AvgIpc) is 3.41. The van der Waals surface area contributed by atoms with E-state index in [9.17, 15) is 40.5 Å². The van der Waals surface area contributed by atoms with Crippen molar-refractivity contribution in [1.82, 2.24) is 0 Å². The molecule has 11 atom stereocenters. The molecule has 14 nitrogen and oxygen atoms in total. The van der Waals surface area contributed by atoms with Gasteiger partial charge in [-0.15, -0.1) is 0 Å². The molecule has 2 rings (SSSR count). The Morgan fingerprint density at radius 2 is 0.867 bits per heavy atom. The van der Waals surface area contributed by atoms with Crippen LogP contribution in [0.25, 0.3) is 0 Å². The highest BCUT2D eigenvalue weighted by Gasteiger charge is 2.47. The van der Waals surface area contributed by atoms with E-state index in [0.717, 1.165) is 70.6 Å². The smallest absolute Gasteiger partial charge is 0.306 e. The molecular weight excluding hydrogens is 957 g/mol. The van der Waals surface area contributed by atoms with E-state index in [4.69, 9.17) is 28.4 Å². The lowest BCUT2D eigenvalue weighted by molar-refractivity contribution is -0.332. The second-order valence-corrected chi connectivity index (χ2v) is 20.1. The van der Waals surface area contributed by atoms with Gasteiger partial charge in [-0.3, -0.25) is 4.79 Å². The molecule has 14 heteroatoms. The number of hydrogen-bond donors (Lipinski definition) is 7. The van der Waals surface area contributed by atoms with Gasteiger partial charge in [-0.25, -0.2) is 0 Å². The Bertz CT molecular complexity index is 1560. The first-order valence-corrected chi connectivity index (χ1v) is 29.2. The Hall–Kier alpha value is -2.83.